The first-order valence-electron chi connectivity index (χ1n) is 5.93. The Hall–Kier alpha value is -1.35. The van der Waals surface area contributed by atoms with E-state index in [-0.39, 0.29) is 6.42 Å². The number of carbonyl (C=O) groups excluding carboxylic acids is 1. The molecule has 98 valence electrons. The quantitative estimate of drug-likeness (QED) is 0.807. The van der Waals surface area contributed by atoms with Crippen LogP contribution >= 0.6 is 11.6 Å². The molecule has 1 aromatic carbocycles. The van der Waals surface area contributed by atoms with Crippen molar-refractivity contribution in [2.24, 2.45) is 5.92 Å². The van der Waals surface area contributed by atoms with Crippen molar-refractivity contribution in [1.29, 1.82) is 0 Å². The summed E-state index contributed by atoms with van der Waals surface area (Å²) in [5, 5.41) is 9.21. The summed E-state index contributed by atoms with van der Waals surface area (Å²) >= 11 is 5.95. The number of carboxylic acids is 1. The highest BCUT2D eigenvalue weighted by atomic mass is 35.5. The first-order valence-corrected chi connectivity index (χ1v) is 6.31. The highest BCUT2D eigenvalue weighted by Gasteiger charge is 2.13. The molecule has 0 atom stereocenters. The first-order chi connectivity index (χ1) is 8.40. The van der Waals surface area contributed by atoms with Crippen molar-refractivity contribution >= 4 is 23.4 Å². The van der Waals surface area contributed by atoms with Crippen LogP contribution in [0, 0.1) is 5.92 Å². The van der Waals surface area contributed by atoms with Crippen molar-refractivity contribution in [1.82, 2.24) is 0 Å². The van der Waals surface area contributed by atoms with Gasteiger partial charge in [0.15, 0.2) is 0 Å². The molecular formula is C14H17ClO3. The second-order valence-electron chi connectivity index (χ2n) is 4.74. The number of carboxylic acid groups (broad SMARTS) is 1. The molecule has 0 aliphatic rings. The third-order valence-corrected chi connectivity index (χ3v) is 2.89. The molecule has 4 heteroatoms. The molecule has 0 bridgehead atoms. The van der Waals surface area contributed by atoms with Gasteiger partial charge in [0, 0.05) is 11.4 Å². The molecule has 0 aliphatic heterocycles. The molecule has 0 aromatic heterocycles. The predicted octanol–water partition coefficient (Wildman–Crippen LogP) is 3.12. The summed E-state index contributed by atoms with van der Waals surface area (Å²) in [6.45, 7) is 4.21. The van der Waals surface area contributed by atoms with Crippen molar-refractivity contribution in [3.8, 4) is 0 Å². The van der Waals surface area contributed by atoms with Crippen LogP contribution in [-0.2, 0) is 22.4 Å². The van der Waals surface area contributed by atoms with Crippen molar-refractivity contribution < 1.29 is 14.7 Å². The minimum Gasteiger partial charge on any atom is -0.476 e. The molecule has 1 N–H and O–H groups in total. The maximum atomic E-state index is 11.1. The van der Waals surface area contributed by atoms with Crippen molar-refractivity contribution in [2.45, 2.75) is 33.1 Å². The monoisotopic (exact) mass is 268 g/mol. The number of hydrogen-bond acceptors (Lipinski definition) is 2. The summed E-state index contributed by atoms with van der Waals surface area (Å²) in [6, 6.07) is 5.53. The minimum absolute atomic E-state index is 0.0298. The number of Topliss-reactive ketones (excluding diaryl/α,β-unsaturated/α-hetero) is 1. The van der Waals surface area contributed by atoms with Crippen LogP contribution in [0.25, 0.3) is 0 Å². The number of ketones is 1. The van der Waals surface area contributed by atoms with Crippen LogP contribution < -0.4 is 0 Å². The fraction of sp³-hybridized carbons (Fsp3) is 0.429. The van der Waals surface area contributed by atoms with Gasteiger partial charge in [-0.25, -0.2) is 4.79 Å². The number of aliphatic carboxylic acids is 1. The van der Waals surface area contributed by atoms with E-state index in [2.05, 4.69) is 13.8 Å². The Morgan fingerprint density at radius 2 is 1.94 bits per heavy atom. The number of benzene rings is 1. The van der Waals surface area contributed by atoms with E-state index in [1.165, 1.54) is 0 Å². The molecule has 0 aliphatic carbocycles. The largest absolute Gasteiger partial charge is 0.476 e. The number of carbonyl (C=O) groups is 2. The lowest BCUT2D eigenvalue weighted by molar-refractivity contribution is -0.149. The molecule has 0 unspecified atom stereocenters. The molecule has 0 spiro atoms. The van der Waals surface area contributed by atoms with Gasteiger partial charge in [0.05, 0.1) is 0 Å². The average Bonchev–Trinajstić information content (AvgIpc) is 2.26. The van der Waals surface area contributed by atoms with Crippen LogP contribution in [-0.4, -0.2) is 16.9 Å². The molecule has 0 heterocycles. The molecule has 0 amide bonds. The molecule has 1 aromatic rings. The number of rotatable bonds is 6. The summed E-state index contributed by atoms with van der Waals surface area (Å²) in [6.07, 6.45) is 1.35. The zero-order valence-electron chi connectivity index (χ0n) is 10.6. The second kappa shape index (κ2) is 6.55. The van der Waals surface area contributed by atoms with E-state index in [1.807, 2.05) is 12.1 Å². The Kier molecular flexibility index (Phi) is 5.35. The molecule has 0 radical (unpaired) electrons. The van der Waals surface area contributed by atoms with E-state index < -0.39 is 11.8 Å². The predicted molar refractivity (Wildman–Crippen MR) is 71.0 cm³/mol. The first kappa shape index (κ1) is 14.7. The summed E-state index contributed by atoms with van der Waals surface area (Å²) in [4.78, 5) is 21.6. The van der Waals surface area contributed by atoms with Crippen molar-refractivity contribution in [2.75, 3.05) is 0 Å². The summed E-state index contributed by atoms with van der Waals surface area (Å²) in [7, 11) is 0. The molecule has 1 rings (SSSR count). The maximum Gasteiger partial charge on any atom is 0.372 e. The van der Waals surface area contributed by atoms with Crippen LogP contribution in [0.4, 0.5) is 0 Å². The van der Waals surface area contributed by atoms with Crippen LogP contribution in [0.5, 0.6) is 0 Å². The lowest BCUT2D eigenvalue weighted by atomic mass is 9.95. The lowest BCUT2D eigenvalue weighted by Crippen LogP contribution is -2.13. The summed E-state index contributed by atoms with van der Waals surface area (Å²) in [5.74, 6) is -1.63. The van der Waals surface area contributed by atoms with E-state index in [0.717, 1.165) is 17.5 Å². The van der Waals surface area contributed by atoms with Crippen LogP contribution in [0.15, 0.2) is 18.2 Å². The fourth-order valence-electron chi connectivity index (χ4n) is 1.82. The zero-order chi connectivity index (χ0) is 13.7. The number of halogens is 1. The molecule has 0 saturated heterocycles. The van der Waals surface area contributed by atoms with Gasteiger partial charge in [0.2, 0.25) is 5.78 Å². The Morgan fingerprint density at radius 1 is 1.28 bits per heavy atom. The maximum absolute atomic E-state index is 11.1. The number of hydrogen-bond donors (Lipinski definition) is 1. The Balaban J connectivity index is 2.81. The highest BCUT2D eigenvalue weighted by Crippen LogP contribution is 2.20. The third-order valence-electron chi connectivity index (χ3n) is 2.66. The van der Waals surface area contributed by atoms with Crippen LogP contribution in [0.3, 0.4) is 0 Å². The fourth-order valence-corrected chi connectivity index (χ4v) is 2.02. The smallest absolute Gasteiger partial charge is 0.372 e. The number of aryl methyl sites for hydroxylation is 1. The Bertz CT molecular complexity index is 452. The molecule has 0 saturated carbocycles. The topological polar surface area (TPSA) is 54.4 Å². The normalized spacial score (nSPS) is 10.7. The van der Waals surface area contributed by atoms with Gasteiger partial charge < -0.3 is 5.11 Å². The van der Waals surface area contributed by atoms with E-state index in [0.29, 0.717) is 17.4 Å². The van der Waals surface area contributed by atoms with Crippen LogP contribution in [0.1, 0.15) is 31.4 Å². The van der Waals surface area contributed by atoms with E-state index >= 15 is 0 Å². The van der Waals surface area contributed by atoms with E-state index in [9.17, 15) is 9.59 Å². The summed E-state index contributed by atoms with van der Waals surface area (Å²) in [5.41, 5.74) is 2.10. The Labute approximate surface area is 112 Å². The van der Waals surface area contributed by atoms with Gasteiger partial charge in [-0.05, 0) is 42.0 Å². The molecule has 18 heavy (non-hydrogen) atoms. The SMILES string of the molecule is CC(C)Cc1cc(Cl)ccc1CCC(=O)C(=O)O. The lowest BCUT2D eigenvalue weighted by Gasteiger charge is -2.11. The highest BCUT2D eigenvalue weighted by molar-refractivity contribution is 6.32. The summed E-state index contributed by atoms with van der Waals surface area (Å²) < 4.78 is 0. The van der Waals surface area contributed by atoms with Crippen LogP contribution in [0.2, 0.25) is 5.02 Å². The van der Waals surface area contributed by atoms with Gasteiger partial charge in [-0.3, -0.25) is 4.79 Å². The van der Waals surface area contributed by atoms with E-state index in [1.54, 1.807) is 6.07 Å². The van der Waals surface area contributed by atoms with Gasteiger partial charge in [0.25, 0.3) is 0 Å². The minimum atomic E-state index is -1.37. The van der Waals surface area contributed by atoms with Gasteiger partial charge in [0.1, 0.15) is 0 Å². The third kappa shape index (κ3) is 4.49. The van der Waals surface area contributed by atoms with Gasteiger partial charge >= 0.3 is 5.97 Å². The zero-order valence-corrected chi connectivity index (χ0v) is 11.3. The molecular weight excluding hydrogens is 252 g/mol. The standard InChI is InChI=1S/C14H17ClO3/c1-9(2)7-11-8-12(15)5-3-10(11)4-6-13(16)14(17)18/h3,5,8-9H,4,6-7H2,1-2H3,(H,17,18). The Morgan fingerprint density at radius 3 is 2.50 bits per heavy atom. The molecule has 0 fully saturated rings. The average molecular weight is 269 g/mol. The van der Waals surface area contributed by atoms with Crippen molar-refractivity contribution in [3.63, 3.8) is 0 Å². The van der Waals surface area contributed by atoms with Gasteiger partial charge in [-0.1, -0.05) is 31.5 Å². The second-order valence-corrected chi connectivity index (χ2v) is 5.18. The van der Waals surface area contributed by atoms with Gasteiger partial charge in [-0.2, -0.15) is 0 Å². The van der Waals surface area contributed by atoms with Crippen molar-refractivity contribution in [3.05, 3.63) is 34.3 Å². The molecule has 3 nitrogen and oxygen atoms in total. The van der Waals surface area contributed by atoms with E-state index in [4.69, 9.17) is 16.7 Å². The van der Waals surface area contributed by atoms with Gasteiger partial charge in [-0.15, -0.1) is 0 Å².